The highest BCUT2D eigenvalue weighted by Crippen LogP contribution is 2.09. The van der Waals surface area contributed by atoms with E-state index in [1.807, 2.05) is 0 Å². The van der Waals surface area contributed by atoms with E-state index in [4.69, 9.17) is 9.47 Å². The SMILES string of the molecule is CCCCCCCCCCCOCCOCCCCCC. The van der Waals surface area contributed by atoms with Gasteiger partial charge < -0.3 is 9.47 Å². The topological polar surface area (TPSA) is 18.5 Å². The predicted molar refractivity (Wildman–Crippen MR) is 93.0 cm³/mol. The van der Waals surface area contributed by atoms with Gasteiger partial charge in [0.05, 0.1) is 13.2 Å². The van der Waals surface area contributed by atoms with Gasteiger partial charge in [-0.05, 0) is 12.8 Å². The standard InChI is InChI=1S/C19H40O2/c1-3-5-7-9-10-11-12-13-15-17-21-19-18-20-16-14-8-6-4-2/h3-19H2,1-2H3. The minimum Gasteiger partial charge on any atom is -0.379 e. The molecule has 0 radical (unpaired) electrons. The van der Waals surface area contributed by atoms with Crippen LogP contribution in [0.3, 0.4) is 0 Å². The molecule has 128 valence electrons. The average Bonchev–Trinajstić information content (AvgIpc) is 2.50. The zero-order chi connectivity index (χ0) is 15.4. The van der Waals surface area contributed by atoms with Gasteiger partial charge >= 0.3 is 0 Å². The number of rotatable bonds is 18. The predicted octanol–water partition coefficient (Wildman–Crippen LogP) is 6.13. The van der Waals surface area contributed by atoms with Crippen LogP contribution >= 0.6 is 0 Å². The largest absolute Gasteiger partial charge is 0.379 e. The summed E-state index contributed by atoms with van der Waals surface area (Å²) in [5.74, 6) is 0. The first-order chi connectivity index (χ1) is 10.4. The Hall–Kier alpha value is -0.0800. The Bertz CT molecular complexity index is 153. The smallest absolute Gasteiger partial charge is 0.0700 e. The molecule has 0 fully saturated rings. The fourth-order valence-corrected chi connectivity index (χ4v) is 2.47. The van der Waals surface area contributed by atoms with E-state index in [0.29, 0.717) is 0 Å². The molecular formula is C19H40O2. The van der Waals surface area contributed by atoms with Crippen LogP contribution in [0, 0.1) is 0 Å². The lowest BCUT2D eigenvalue weighted by atomic mass is 10.1. The maximum absolute atomic E-state index is 5.60. The summed E-state index contributed by atoms with van der Waals surface area (Å²) in [6.45, 7) is 7.86. The summed E-state index contributed by atoms with van der Waals surface area (Å²) in [7, 11) is 0. The average molecular weight is 301 g/mol. The third-order valence-electron chi connectivity index (χ3n) is 3.91. The molecule has 0 heterocycles. The molecule has 0 amide bonds. The highest BCUT2D eigenvalue weighted by Gasteiger charge is 1.94. The van der Waals surface area contributed by atoms with Crippen LogP contribution in [0.4, 0.5) is 0 Å². The second-order valence-corrected chi connectivity index (χ2v) is 6.11. The molecule has 0 aliphatic heterocycles. The summed E-state index contributed by atoms with van der Waals surface area (Å²) < 4.78 is 11.1. The Balaban J connectivity index is 2.90. The molecular weight excluding hydrogens is 260 g/mol. The Labute approximate surface area is 134 Å². The maximum Gasteiger partial charge on any atom is 0.0700 e. The lowest BCUT2D eigenvalue weighted by Gasteiger charge is -2.06. The second kappa shape index (κ2) is 19.9. The van der Waals surface area contributed by atoms with E-state index in [-0.39, 0.29) is 0 Å². The lowest BCUT2D eigenvalue weighted by Crippen LogP contribution is -2.06. The molecule has 0 rings (SSSR count). The molecule has 0 unspecified atom stereocenters. The summed E-state index contributed by atoms with van der Waals surface area (Å²) in [4.78, 5) is 0. The van der Waals surface area contributed by atoms with E-state index in [1.165, 1.54) is 83.5 Å². The van der Waals surface area contributed by atoms with Crippen molar-refractivity contribution < 1.29 is 9.47 Å². The van der Waals surface area contributed by atoms with Crippen LogP contribution in [-0.2, 0) is 9.47 Å². The molecule has 0 aromatic carbocycles. The fraction of sp³-hybridized carbons (Fsp3) is 1.00. The van der Waals surface area contributed by atoms with Crippen molar-refractivity contribution in [2.45, 2.75) is 97.3 Å². The van der Waals surface area contributed by atoms with E-state index in [0.717, 1.165) is 26.4 Å². The van der Waals surface area contributed by atoms with Gasteiger partial charge in [0.25, 0.3) is 0 Å². The third kappa shape index (κ3) is 19.9. The van der Waals surface area contributed by atoms with Gasteiger partial charge in [-0.25, -0.2) is 0 Å². The third-order valence-corrected chi connectivity index (χ3v) is 3.91. The van der Waals surface area contributed by atoms with Gasteiger partial charge in [0.2, 0.25) is 0 Å². The lowest BCUT2D eigenvalue weighted by molar-refractivity contribution is 0.0449. The zero-order valence-electron chi connectivity index (χ0n) is 14.8. The Kier molecular flexibility index (Phi) is 19.8. The van der Waals surface area contributed by atoms with E-state index in [1.54, 1.807) is 0 Å². The normalized spacial score (nSPS) is 11.1. The van der Waals surface area contributed by atoms with E-state index < -0.39 is 0 Å². The van der Waals surface area contributed by atoms with Crippen LogP contribution in [0.2, 0.25) is 0 Å². The molecule has 2 heteroatoms. The van der Waals surface area contributed by atoms with Crippen LogP contribution < -0.4 is 0 Å². The summed E-state index contributed by atoms with van der Waals surface area (Å²) in [5.41, 5.74) is 0. The summed E-state index contributed by atoms with van der Waals surface area (Å²) in [5, 5.41) is 0. The molecule has 2 nitrogen and oxygen atoms in total. The summed E-state index contributed by atoms with van der Waals surface area (Å²) in [6.07, 6.45) is 17.5. The van der Waals surface area contributed by atoms with E-state index >= 15 is 0 Å². The molecule has 0 N–H and O–H groups in total. The maximum atomic E-state index is 5.60. The summed E-state index contributed by atoms with van der Waals surface area (Å²) in [6, 6.07) is 0. The molecule has 0 atom stereocenters. The molecule has 0 saturated heterocycles. The number of unbranched alkanes of at least 4 members (excludes halogenated alkanes) is 11. The van der Waals surface area contributed by atoms with Gasteiger partial charge in [-0.2, -0.15) is 0 Å². The first-order valence-corrected chi connectivity index (χ1v) is 9.57. The fourth-order valence-electron chi connectivity index (χ4n) is 2.47. The highest BCUT2D eigenvalue weighted by molar-refractivity contribution is 4.46. The molecule has 0 spiro atoms. The van der Waals surface area contributed by atoms with Crippen molar-refractivity contribution in [1.29, 1.82) is 0 Å². The molecule has 0 aliphatic rings. The van der Waals surface area contributed by atoms with Crippen molar-refractivity contribution in [1.82, 2.24) is 0 Å². The van der Waals surface area contributed by atoms with Crippen LogP contribution in [0.15, 0.2) is 0 Å². The van der Waals surface area contributed by atoms with E-state index in [9.17, 15) is 0 Å². The van der Waals surface area contributed by atoms with Crippen molar-refractivity contribution in [2.75, 3.05) is 26.4 Å². The molecule has 0 aliphatic carbocycles. The summed E-state index contributed by atoms with van der Waals surface area (Å²) >= 11 is 0. The van der Waals surface area contributed by atoms with Crippen molar-refractivity contribution in [2.24, 2.45) is 0 Å². The molecule has 0 aromatic rings. The monoisotopic (exact) mass is 300 g/mol. The van der Waals surface area contributed by atoms with Gasteiger partial charge in [0.15, 0.2) is 0 Å². The minimum absolute atomic E-state index is 0.767. The van der Waals surface area contributed by atoms with Gasteiger partial charge in [-0.3, -0.25) is 0 Å². The van der Waals surface area contributed by atoms with Crippen LogP contribution in [0.1, 0.15) is 97.3 Å². The van der Waals surface area contributed by atoms with Crippen LogP contribution in [0.5, 0.6) is 0 Å². The Morgan fingerprint density at radius 2 is 0.714 bits per heavy atom. The van der Waals surface area contributed by atoms with Gasteiger partial charge in [-0.1, -0.05) is 84.5 Å². The minimum atomic E-state index is 0.767. The van der Waals surface area contributed by atoms with Crippen molar-refractivity contribution in [3.05, 3.63) is 0 Å². The van der Waals surface area contributed by atoms with E-state index in [2.05, 4.69) is 13.8 Å². The van der Waals surface area contributed by atoms with Gasteiger partial charge in [0.1, 0.15) is 0 Å². The van der Waals surface area contributed by atoms with Gasteiger partial charge in [0, 0.05) is 13.2 Å². The first kappa shape index (κ1) is 20.9. The van der Waals surface area contributed by atoms with Crippen molar-refractivity contribution in [3.8, 4) is 0 Å². The van der Waals surface area contributed by atoms with Crippen LogP contribution in [0.25, 0.3) is 0 Å². The van der Waals surface area contributed by atoms with Crippen molar-refractivity contribution >= 4 is 0 Å². The molecule has 0 aromatic heterocycles. The quantitative estimate of drug-likeness (QED) is 0.283. The molecule has 0 bridgehead atoms. The number of ether oxygens (including phenoxy) is 2. The Morgan fingerprint density at radius 1 is 0.381 bits per heavy atom. The first-order valence-electron chi connectivity index (χ1n) is 9.57. The Morgan fingerprint density at radius 3 is 1.14 bits per heavy atom. The second-order valence-electron chi connectivity index (χ2n) is 6.11. The van der Waals surface area contributed by atoms with Crippen LogP contribution in [-0.4, -0.2) is 26.4 Å². The van der Waals surface area contributed by atoms with Gasteiger partial charge in [-0.15, -0.1) is 0 Å². The number of hydrogen-bond acceptors (Lipinski definition) is 2. The highest BCUT2D eigenvalue weighted by atomic mass is 16.5. The number of hydrogen-bond donors (Lipinski definition) is 0. The zero-order valence-corrected chi connectivity index (χ0v) is 14.8. The van der Waals surface area contributed by atoms with Crippen molar-refractivity contribution in [3.63, 3.8) is 0 Å². The molecule has 21 heavy (non-hydrogen) atoms. The molecule has 0 saturated carbocycles.